The smallest absolute Gasteiger partial charge is 0.410 e. The van der Waals surface area contributed by atoms with E-state index in [1.807, 2.05) is 20.8 Å². The van der Waals surface area contributed by atoms with Crippen LogP contribution in [-0.2, 0) is 28.4 Å². The first-order chi connectivity index (χ1) is 59.4. The summed E-state index contributed by atoms with van der Waals surface area (Å²) >= 11 is 0. The number of benzene rings is 6. The summed E-state index contributed by atoms with van der Waals surface area (Å²) in [5.74, 6) is -3.02. The summed E-state index contributed by atoms with van der Waals surface area (Å²) in [7, 11) is 9.80. The SMILES string of the molecule is CC(Nc1cc(F)cc(F)c1)c1cc(C(=O)N(C)CCN(C)C(=O)OC(C)(C)C)cc2ncc(N3CCOCC3)nc12.CC(Nc1cc(F)cc(F)c1)c1cc(C(=O)N(C)CCN(C)C(=O)OC(C)(C)C)cc2ncc(N3CCOCC3)nc12.CC(Nc1cc(F)cc(F)c1)c1cc(C(=O)N(C)CCN(C)C(=O)OC(C)(C)C)cc2ncc(N3CCOCC3)nc12. The van der Waals surface area contributed by atoms with Gasteiger partial charge in [0.2, 0.25) is 0 Å². The van der Waals surface area contributed by atoms with Crippen LogP contribution < -0.4 is 30.7 Å². The van der Waals surface area contributed by atoms with Crippen LogP contribution in [0.1, 0.15) is 149 Å². The standard InChI is InChI=1S/3C30H38F2N6O4/c3*1-19(34-23-16-21(31)15-22(32)17-23)24-13-20(28(39)36(5)7-8-37(6)29(40)42-30(2,3)4)14-25-27(24)35-26(18-33-25)38-9-11-41-12-10-38/h3*13-19,34H,7-12H2,1-6H3. The van der Waals surface area contributed by atoms with Gasteiger partial charge < -0.3 is 88.5 Å². The summed E-state index contributed by atoms with van der Waals surface area (Å²) in [4.78, 5) is 121. The van der Waals surface area contributed by atoms with Crippen molar-refractivity contribution in [1.29, 1.82) is 0 Å². The van der Waals surface area contributed by atoms with Crippen LogP contribution in [0.25, 0.3) is 33.1 Å². The first-order valence-electron chi connectivity index (χ1n) is 41.6. The minimum Gasteiger partial charge on any atom is -0.444 e. The fraction of sp³-hybridized carbons (Fsp3) is 0.467. The number of amides is 6. The molecule has 126 heavy (non-hydrogen) atoms. The van der Waals surface area contributed by atoms with Gasteiger partial charge in [-0.15, -0.1) is 0 Å². The van der Waals surface area contributed by atoms with Crippen molar-refractivity contribution in [1.82, 2.24) is 59.3 Å². The number of carbonyl (C=O) groups excluding carboxylic acids is 6. The number of likely N-dealkylation sites (N-methyl/N-ethyl adjacent to an activating group) is 6. The second kappa shape index (κ2) is 42.2. The number of fused-ring (bicyclic) bond motifs is 3. The van der Waals surface area contributed by atoms with Crippen molar-refractivity contribution in [2.75, 3.05) is 191 Å². The fourth-order valence-corrected chi connectivity index (χ4v) is 13.6. The average molecular weight is 1750 g/mol. The van der Waals surface area contributed by atoms with Crippen LogP contribution in [0.4, 0.5) is 75.2 Å². The summed E-state index contributed by atoms with van der Waals surface area (Å²) in [6.45, 7) is 30.7. The molecule has 0 radical (unpaired) electrons. The normalized spacial score (nSPS) is 14.4. The lowest BCUT2D eigenvalue weighted by atomic mass is 10.0. The number of aromatic nitrogens is 6. The number of nitrogens with zero attached hydrogens (tertiary/aromatic N) is 15. The van der Waals surface area contributed by atoms with E-state index in [2.05, 4.69) is 45.6 Å². The van der Waals surface area contributed by atoms with E-state index >= 15 is 0 Å². The van der Waals surface area contributed by atoms with Crippen LogP contribution >= 0.6 is 0 Å². The maximum absolute atomic E-state index is 13.9. The minimum atomic E-state index is -0.703. The molecule has 0 bridgehead atoms. The summed E-state index contributed by atoms with van der Waals surface area (Å²) < 4.78 is 116. The number of carbonyl (C=O) groups is 6. The molecule has 3 fully saturated rings. The van der Waals surface area contributed by atoms with Crippen LogP contribution in [-0.4, -0.2) is 273 Å². The van der Waals surface area contributed by atoms with Crippen molar-refractivity contribution < 1.29 is 83.5 Å². The highest BCUT2D eigenvalue weighted by atomic mass is 19.2. The Bertz CT molecular complexity index is 4780. The van der Waals surface area contributed by atoms with Gasteiger partial charge in [0.1, 0.15) is 69.2 Å². The minimum absolute atomic E-state index is 0.254. The van der Waals surface area contributed by atoms with E-state index in [9.17, 15) is 55.1 Å². The quantitative estimate of drug-likeness (QED) is 0.0374. The molecule has 6 aromatic carbocycles. The van der Waals surface area contributed by atoms with Crippen LogP contribution in [0.5, 0.6) is 0 Å². The summed E-state index contributed by atoms with van der Waals surface area (Å²) in [5, 5.41) is 9.40. The molecule has 6 amide bonds. The zero-order valence-corrected chi connectivity index (χ0v) is 74.7. The van der Waals surface area contributed by atoms with Crippen molar-refractivity contribution in [3.63, 3.8) is 0 Å². The van der Waals surface area contributed by atoms with E-state index < -0.39 is 88.1 Å². The molecule has 0 spiro atoms. The highest BCUT2D eigenvalue weighted by Gasteiger charge is 2.30. The molecule has 36 heteroatoms. The molecule has 0 saturated carbocycles. The Morgan fingerprint density at radius 3 is 0.778 bits per heavy atom. The Balaban J connectivity index is 0.000000197. The second-order valence-electron chi connectivity index (χ2n) is 34.2. The highest BCUT2D eigenvalue weighted by molar-refractivity contribution is 6.00. The largest absolute Gasteiger partial charge is 0.444 e. The third kappa shape index (κ3) is 27.2. The highest BCUT2D eigenvalue weighted by Crippen LogP contribution is 2.35. The Morgan fingerprint density at radius 1 is 0.349 bits per heavy atom. The van der Waals surface area contributed by atoms with E-state index in [-0.39, 0.29) is 74.1 Å². The number of rotatable bonds is 24. The maximum Gasteiger partial charge on any atom is 0.410 e. The van der Waals surface area contributed by atoms with Crippen LogP contribution in [0.3, 0.4) is 0 Å². The molecule has 3 N–H and O–H groups in total. The van der Waals surface area contributed by atoms with Crippen LogP contribution in [0, 0.1) is 34.9 Å². The molecule has 3 aliphatic heterocycles. The van der Waals surface area contributed by atoms with Crippen molar-refractivity contribution in [3.8, 4) is 0 Å². The third-order valence-electron chi connectivity index (χ3n) is 20.3. The van der Waals surface area contributed by atoms with Gasteiger partial charge in [-0.2, -0.15) is 0 Å². The van der Waals surface area contributed by atoms with E-state index in [1.54, 1.807) is 160 Å². The molecule has 0 aliphatic carbocycles. The molecule has 30 nitrogen and oxygen atoms in total. The molecule has 9 aromatic rings. The van der Waals surface area contributed by atoms with Crippen molar-refractivity contribution in [3.05, 3.63) is 178 Å². The lowest BCUT2D eigenvalue weighted by molar-refractivity contribution is 0.0275. The molecular formula is C90H114F6N18O12. The molecule has 12 rings (SSSR count). The molecular weight excluding hydrogens is 1640 g/mol. The topological polar surface area (TPSA) is 300 Å². The molecule has 3 aromatic heterocycles. The molecule has 3 unspecified atom stereocenters. The number of halogens is 6. The molecule has 3 atom stereocenters. The Hall–Kier alpha value is -12.2. The van der Waals surface area contributed by atoms with Crippen molar-refractivity contribution in [2.45, 2.75) is 118 Å². The average Bonchev–Trinajstić information content (AvgIpc) is 0.782. The van der Waals surface area contributed by atoms with Crippen LogP contribution in [0.2, 0.25) is 0 Å². The van der Waals surface area contributed by atoms with Gasteiger partial charge in [-0.1, -0.05) is 0 Å². The number of nitrogens with one attached hydrogen (secondary N) is 3. The van der Waals surface area contributed by atoms with Gasteiger partial charge in [0.05, 0.1) is 109 Å². The first-order valence-corrected chi connectivity index (χ1v) is 41.6. The number of hydrogen-bond donors (Lipinski definition) is 3. The lowest BCUT2D eigenvalue weighted by Gasteiger charge is -2.28. The zero-order valence-electron chi connectivity index (χ0n) is 74.7. The fourth-order valence-electron chi connectivity index (χ4n) is 13.6. The van der Waals surface area contributed by atoms with Gasteiger partial charge in [0.25, 0.3) is 17.7 Å². The number of hydrogen-bond acceptors (Lipinski definition) is 24. The summed E-state index contributed by atoms with van der Waals surface area (Å²) in [6, 6.07) is 18.4. The van der Waals surface area contributed by atoms with E-state index in [0.29, 0.717) is 163 Å². The van der Waals surface area contributed by atoms with Crippen molar-refractivity contribution in [2.24, 2.45) is 0 Å². The van der Waals surface area contributed by atoms with E-state index in [1.165, 1.54) is 65.8 Å². The Kier molecular flexibility index (Phi) is 32.2. The summed E-state index contributed by atoms with van der Waals surface area (Å²) in [5.41, 5.74) is 5.14. The van der Waals surface area contributed by atoms with Gasteiger partial charge in [-0.25, -0.2) is 55.7 Å². The van der Waals surface area contributed by atoms with Gasteiger partial charge in [0, 0.05) is 189 Å². The molecule has 3 saturated heterocycles. The van der Waals surface area contributed by atoms with E-state index in [4.69, 9.17) is 43.4 Å². The number of morpholine rings is 3. The van der Waals surface area contributed by atoms with Gasteiger partial charge >= 0.3 is 18.3 Å². The first kappa shape index (κ1) is 96.0. The summed E-state index contributed by atoms with van der Waals surface area (Å²) in [6.07, 6.45) is 3.59. The lowest BCUT2D eigenvalue weighted by Crippen LogP contribution is -2.40. The van der Waals surface area contributed by atoms with Gasteiger partial charge in [-0.3, -0.25) is 29.3 Å². The predicted molar refractivity (Wildman–Crippen MR) is 470 cm³/mol. The van der Waals surface area contributed by atoms with Crippen LogP contribution in [0.15, 0.2) is 110 Å². The Labute approximate surface area is 730 Å². The predicted octanol–water partition coefficient (Wildman–Crippen LogP) is 14.6. The Morgan fingerprint density at radius 2 is 0.563 bits per heavy atom. The van der Waals surface area contributed by atoms with Gasteiger partial charge in [-0.05, 0) is 156 Å². The number of anilines is 6. The van der Waals surface area contributed by atoms with Gasteiger partial charge in [0.15, 0.2) is 0 Å². The van der Waals surface area contributed by atoms with E-state index in [0.717, 1.165) is 18.2 Å². The maximum atomic E-state index is 13.9. The molecule has 3 aliphatic rings. The third-order valence-corrected chi connectivity index (χ3v) is 20.3. The second-order valence-corrected chi connectivity index (χ2v) is 34.2. The number of ether oxygens (including phenoxy) is 6. The molecule has 6 heterocycles. The zero-order chi connectivity index (χ0) is 91.8. The monoisotopic (exact) mass is 1750 g/mol. The van der Waals surface area contributed by atoms with Crippen molar-refractivity contribution >= 4 is 104 Å². The molecule has 678 valence electrons.